The van der Waals surface area contributed by atoms with Gasteiger partial charge in [0, 0.05) is 45.4 Å². The maximum atomic E-state index is 12.4. The first-order valence-corrected chi connectivity index (χ1v) is 12.5. The van der Waals surface area contributed by atoms with Gasteiger partial charge in [-0.1, -0.05) is 24.3 Å². The SMILES string of the molecule is Cc1nc(S(=O)(=O)CNCCCC(=O)N(C)CCc2ccc(C3=NCCN3)cc2)cn1C. The van der Waals surface area contributed by atoms with Crippen molar-refractivity contribution in [3.05, 3.63) is 47.4 Å². The van der Waals surface area contributed by atoms with E-state index >= 15 is 0 Å². The normalized spacial score (nSPS) is 13.7. The maximum absolute atomic E-state index is 12.4. The van der Waals surface area contributed by atoms with Gasteiger partial charge in [-0.3, -0.25) is 9.79 Å². The lowest BCUT2D eigenvalue weighted by molar-refractivity contribution is -0.129. The Labute approximate surface area is 189 Å². The van der Waals surface area contributed by atoms with Crippen LogP contribution in [0.25, 0.3) is 0 Å². The van der Waals surface area contributed by atoms with Gasteiger partial charge >= 0.3 is 0 Å². The van der Waals surface area contributed by atoms with E-state index in [2.05, 4.69) is 44.9 Å². The molecule has 0 unspecified atom stereocenters. The van der Waals surface area contributed by atoms with Crippen LogP contribution in [0.5, 0.6) is 0 Å². The fourth-order valence-corrected chi connectivity index (χ4v) is 4.50. The van der Waals surface area contributed by atoms with E-state index in [9.17, 15) is 13.2 Å². The molecule has 10 heteroatoms. The minimum Gasteiger partial charge on any atom is -0.368 e. The Morgan fingerprint density at radius 2 is 2.03 bits per heavy atom. The Hall–Kier alpha value is -2.72. The third-order valence-electron chi connectivity index (χ3n) is 5.50. The van der Waals surface area contributed by atoms with Crippen LogP contribution >= 0.6 is 0 Å². The largest absolute Gasteiger partial charge is 0.368 e. The van der Waals surface area contributed by atoms with E-state index < -0.39 is 9.84 Å². The molecule has 0 radical (unpaired) electrons. The molecule has 1 aliphatic rings. The van der Waals surface area contributed by atoms with Gasteiger partial charge in [-0.15, -0.1) is 0 Å². The first-order valence-electron chi connectivity index (χ1n) is 10.8. The summed E-state index contributed by atoms with van der Waals surface area (Å²) in [7, 11) is 0.0832. The smallest absolute Gasteiger partial charge is 0.222 e. The summed E-state index contributed by atoms with van der Waals surface area (Å²) in [4.78, 5) is 22.6. The summed E-state index contributed by atoms with van der Waals surface area (Å²) in [6, 6.07) is 8.26. The molecule has 0 saturated heterocycles. The summed E-state index contributed by atoms with van der Waals surface area (Å²) in [5, 5.41) is 6.24. The molecule has 2 aromatic rings. The van der Waals surface area contributed by atoms with Gasteiger partial charge in [-0.2, -0.15) is 0 Å². The van der Waals surface area contributed by atoms with Gasteiger partial charge in [0.2, 0.25) is 15.7 Å². The van der Waals surface area contributed by atoms with Crippen molar-refractivity contribution < 1.29 is 13.2 Å². The summed E-state index contributed by atoms with van der Waals surface area (Å²) >= 11 is 0. The number of carbonyl (C=O) groups excluding carboxylic acids is 1. The van der Waals surface area contributed by atoms with E-state index in [4.69, 9.17) is 0 Å². The van der Waals surface area contributed by atoms with Crippen molar-refractivity contribution >= 4 is 21.6 Å². The molecule has 1 aliphatic heterocycles. The van der Waals surface area contributed by atoms with Gasteiger partial charge in [0.05, 0.1) is 6.54 Å². The molecular formula is C22H32N6O3S. The van der Waals surface area contributed by atoms with E-state index in [1.165, 1.54) is 11.8 Å². The molecule has 0 bridgehead atoms. The molecule has 0 atom stereocenters. The van der Waals surface area contributed by atoms with Crippen molar-refractivity contribution in [2.45, 2.75) is 31.2 Å². The van der Waals surface area contributed by atoms with Crippen LogP contribution < -0.4 is 10.6 Å². The Morgan fingerprint density at radius 1 is 1.28 bits per heavy atom. The van der Waals surface area contributed by atoms with Gasteiger partial charge < -0.3 is 20.1 Å². The van der Waals surface area contributed by atoms with Crippen molar-refractivity contribution in [3.63, 3.8) is 0 Å². The van der Waals surface area contributed by atoms with Crippen molar-refractivity contribution in [1.29, 1.82) is 0 Å². The van der Waals surface area contributed by atoms with Crippen LogP contribution in [0.4, 0.5) is 0 Å². The third-order valence-corrected chi connectivity index (χ3v) is 6.92. The van der Waals surface area contributed by atoms with E-state index in [-0.39, 0.29) is 16.8 Å². The molecular weight excluding hydrogens is 428 g/mol. The predicted molar refractivity (Wildman–Crippen MR) is 124 cm³/mol. The second-order valence-electron chi connectivity index (χ2n) is 8.02. The van der Waals surface area contributed by atoms with Crippen molar-refractivity contribution in [1.82, 2.24) is 25.1 Å². The average Bonchev–Trinajstić information content (AvgIpc) is 3.42. The van der Waals surface area contributed by atoms with Crippen LogP contribution in [0.3, 0.4) is 0 Å². The van der Waals surface area contributed by atoms with Crippen LogP contribution in [0.15, 0.2) is 40.5 Å². The van der Waals surface area contributed by atoms with Crippen molar-refractivity contribution in [2.75, 3.05) is 39.1 Å². The average molecular weight is 461 g/mol. The zero-order valence-corrected chi connectivity index (χ0v) is 19.8. The zero-order chi connectivity index (χ0) is 23.1. The number of hydrogen-bond donors (Lipinski definition) is 2. The maximum Gasteiger partial charge on any atom is 0.222 e. The first kappa shape index (κ1) is 23.9. The Morgan fingerprint density at radius 3 is 2.66 bits per heavy atom. The van der Waals surface area contributed by atoms with E-state index in [1.54, 1.807) is 30.5 Å². The van der Waals surface area contributed by atoms with Gasteiger partial charge in [-0.25, -0.2) is 13.4 Å². The number of likely N-dealkylation sites (N-methyl/N-ethyl adjacent to an activating group) is 1. The molecule has 2 heterocycles. The number of hydrogen-bond acceptors (Lipinski definition) is 7. The van der Waals surface area contributed by atoms with E-state index in [0.717, 1.165) is 30.9 Å². The Bertz CT molecular complexity index is 1040. The number of amidine groups is 1. The number of amides is 1. The highest BCUT2D eigenvalue weighted by atomic mass is 32.2. The number of aromatic nitrogens is 2. The Balaban J connectivity index is 1.34. The van der Waals surface area contributed by atoms with Crippen LogP contribution in [-0.2, 0) is 28.1 Å². The van der Waals surface area contributed by atoms with E-state index in [0.29, 0.717) is 31.8 Å². The number of imidazole rings is 1. The third kappa shape index (κ3) is 6.39. The summed E-state index contributed by atoms with van der Waals surface area (Å²) in [6.45, 7) is 4.55. The fraction of sp³-hybridized carbons (Fsp3) is 0.500. The zero-order valence-electron chi connectivity index (χ0n) is 19.0. The molecule has 1 aromatic heterocycles. The quantitative estimate of drug-likeness (QED) is 0.482. The van der Waals surface area contributed by atoms with E-state index in [1.807, 2.05) is 0 Å². The summed E-state index contributed by atoms with van der Waals surface area (Å²) in [5.41, 5.74) is 2.26. The molecule has 0 saturated carbocycles. The lowest BCUT2D eigenvalue weighted by atomic mass is 10.1. The Kier molecular flexibility index (Phi) is 8.03. The number of rotatable bonds is 11. The van der Waals surface area contributed by atoms with Crippen LogP contribution in [0, 0.1) is 6.92 Å². The number of carbonyl (C=O) groups is 1. The van der Waals surface area contributed by atoms with Crippen LogP contribution in [0.1, 0.15) is 29.8 Å². The second-order valence-corrected chi connectivity index (χ2v) is 9.96. The number of sulfone groups is 1. The highest BCUT2D eigenvalue weighted by Gasteiger charge is 2.18. The molecule has 174 valence electrons. The second kappa shape index (κ2) is 10.7. The highest BCUT2D eigenvalue weighted by Crippen LogP contribution is 2.10. The number of nitrogens with zero attached hydrogens (tertiary/aromatic N) is 4. The van der Waals surface area contributed by atoms with Gasteiger partial charge in [0.15, 0.2) is 5.03 Å². The molecule has 0 fully saturated rings. The van der Waals surface area contributed by atoms with Crippen LogP contribution in [0.2, 0.25) is 0 Å². The minimum absolute atomic E-state index is 0.0520. The number of benzene rings is 1. The topological polar surface area (TPSA) is 109 Å². The highest BCUT2D eigenvalue weighted by molar-refractivity contribution is 7.91. The monoisotopic (exact) mass is 460 g/mol. The fourth-order valence-electron chi connectivity index (χ4n) is 3.35. The van der Waals surface area contributed by atoms with Gasteiger partial charge in [0.1, 0.15) is 17.5 Å². The lowest BCUT2D eigenvalue weighted by Gasteiger charge is -2.17. The molecule has 0 aliphatic carbocycles. The van der Waals surface area contributed by atoms with Crippen molar-refractivity contribution in [2.24, 2.45) is 12.0 Å². The summed E-state index contributed by atoms with van der Waals surface area (Å²) < 4.78 is 26.3. The lowest BCUT2D eigenvalue weighted by Crippen LogP contribution is -2.30. The standard InChI is InChI=1S/C22H32N6O3S/c1-17-26-20(15-28(17)3)32(30,31)16-23-11-4-5-21(29)27(2)14-10-18-6-8-19(9-7-18)22-24-12-13-25-22/h6-9,15,23H,4-5,10-14,16H2,1-3H3,(H,24,25). The molecule has 1 aromatic carbocycles. The molecule has 32 heavy (non-hydrogen) atoms. The summed E-state index contributed by atoms with van der Waals surface area (Å²) in [5.74, 6) is 1.45. The number of aryl methyl sites for hydroxylation is 2. The molecule has 0 spiro atoms. The summed E-state index contributed by atoms with van der Waals surface area (Å²) in [6.07, 6.45) is 3.24. The number of nitrogens with one attached hydrogen (secondary N) is 2. The van der Waals surface area contributed by atoms with Crippen LogP contribution in [-0.4, -0.2) is 73.7 Å². The van der Waals surface area contributed by atoms with Gasteiger partial charge in [0.25, 0.3) is 0 Å². The first-order chi connectivity index (χ1) is 15.3. The minimum atomic E-state index is -3.48. The number of aliphatic imine (C=N–C) groups is 1. The molecule has 9 nitrogen and oxygen atoms in total. The molecule has 2 N–H and O–H groups in total. The molecule has 3 rings (SSSR count). The van der Waals surface area contributed by atoms with Gasteiger partial charge in [-0.05, 0) is 31.9 Å². The van der Waals surface area contributed by atoms with Crippen molar-refractivity contribution in [3.8, 4) is 0 Å². The predicted octanol–water partition coefficient (Wildman–Crippen LogP) is 0.880. The molecule has 1 amide bonds.